The van der Waals surface area contributed by atoms with Crippen LogP contribution in [0.3, 0.4) is 0 Å². The topological polar surface area (TPSA) is 30.0 Å². The van der Waals surface area contributed by atoms with Crippen LogP contribution in [0.15, 0.2) is 24.3 Å². The molecule has 0 amide bonds. The predicted octanol–water partition coefficient (Wildman–Crippen LogP) is 2.98. The van der Waals surface area contributed by atoms with Crippen molar-refractivity contribution >= 4 is 0 Å². The molecule has 4 heteroatoms. The quantitative estimate of drug-likeness (QED) is 0.811. The molecule has 26 heavy (non-hydrogen) atoms. The minimum Gasteiger partial charge on any atom is -0.396 e. The summed E-state index contributed by atoms with van der Waals surface area (Å²) < 4.78 is 0. The minimum absolute atomic E-state index is 0.127. The first kappa shape index (κ1) is 19.8. The van der Waals surface area contributed by atoms with Gasteiger partial charge in [0.15, 0.2) is 0 Å². The van der Waals surface area contributed by atoms with Crippen LogP contribution in [0.5, 0.6) is 0 Å². The predicted molar refractivity (Wildman–Crippen MR) is 108 cm³/mol. The average Bonchev–Trinajstić information content (AvgIpc) is 3.16. The Bertz CT molecular complexity index is 560. The molecule has 1 aromatic carbocycles. The van der Waals surface area contributed by atoms with Crippen molar-refractivity contribution < 1.29 is 5.11 Å². The lowest BCUT2D eigenvalue weighted by molar-refractivity contribution is 0.0165. The molecule has 2 aliphatic rings. The van der Waals surface area contributed by atoms with Crippen LogP contribution in [0.2, 0.25) is 0 Å². The minimum atomic E-state index is 0.127. The summed E-state index contributed by atoms with van der Waals surface area (Å²) in [6.45, 7) is 9.36. The smallest absolute Gasteiger partial charge is 0.0500 e. The lowest BCUT2D eigenvalue weighted by atomic mass is 9.78. The van der Waals surface area contributed by atoms with Crippen LogP contribution >= 0.6 is 0 Å². The van der Waals surface area contributed by atoms with Crippen LogP contribution in [0, 0.1) is 5.41 Å². The van der Waals surface area contributed by atoms with Gasteiger partial charge in [0, 0.05) is 24.5 Å². The van der Waals surface area contributed by atoms with E-state index in [9.17, 15) is 5.11 Å². The number of likely N-dealkylation sites (tertiary alicyclic amines) is 2. The lowest BCUT2D eigenvalue weighted by Gasteiger charge is -2.42. The highest BCUT2D eigenvalue weighted by Crippen LogP contribution is 2.33. The molecular formula is C22H37N3O. The van der Waals surface area contributed by atoms with Crippen LogP contribution in [0.4, 0.5) is 0 Å². The van der Waals surface area contributed by atoms with Gasteiger partial charge in [-0.2, -0.15) is 0 Å². The van der Waals surface area contributed by atoms with E-state index in [4.69, 9.17) is 0 Å². The Morgan fingerprint density at radius 1 is 1.08 bits per heavy atom. The summed E-state index contributed by atoms with van der Waals surface area (Å²) in [7, 11) is 4.27. The van der Waals surface area contributed by atoms with E-state index in [0.717, 1.165) is 39.0 Å². The molecule has 1 aromatic rings. The highest BCUT2D eigenvalue weighted by molar-refractivity contribution is 5.25. The van der Waals surface area contributed by atoms with E-state index < -0.39 is 0 Å². The number of benzene rings is 1. The Balaban J connectivity index is 1.55. The number of nitrogens with zero attached hydrogens (tertiary/aromatic N) is 3. The molecule has 1 N–H and O–H groups in total. The number of hydrogen-bond acceptors (Lipinski definition) is 4. The van der Waals surface area contributed by atoms with Gasteiger partial charge in [0.25, 0.3) is 0 Å². The highest BCUT2D eigenvalue weighted by atomic mass is 16.3. The lowest BCUT2D eigenvalue weighted by Crippen LogP contribution is -2.47. The van der Waals surface area contributed by atoms with Crippen molar-refractivity contribution in [1.82, 2.24) is 14.7 Å². The SMILES string of the molecule is CC(c1cccc(CN2CCC(CO)(CN3CCCC3)CC2)c1)N(C)C. The van der Waals surface area contributed by atoms with Crippen LogP contribution < -0.4 is 0 Å². The van der Waals surface area contributed by atoms with Crippen molar-refractivity contribution in [3.63, 3.8) is 0 Å². The second kappa shape index (κ2) is 8.83. The van der Waals surface area contributed by atoms with Crippen molar-refractivity contribution in [1.29, 1.82) is 0 Å². The van der Waals surface area contributed by atoms with E-state index in [1.807, 2.05) is 0 Å². The molecule has 0 spiro atoms. The number of piperidine rings is 1. The summed E-state index contributed by atoms with van der Waals surface area (Å²) in [5, 5.41) is 10.1. The van der Waals surface area contributed by atoms with E-state index >= 15 is 0 Å². The summed E-state index contributed by atoms with van der Waals surface area (Å²) in [6, 6.07) is 9.49. The van der Waals surface area contributed by atoms with Crippen LogP contribution in [-0.4, -0.2) is 73.2 Å². The van der Waals surface area contributed by atoms with Gasteiger partial charge in [-0.15, -0.1) is 0 Å². The monoisotopic (exact) mass is 359 g/mol. The summed E-state index contributed by atoms with van der Waals surface area (Å²) in [5.41, 5.74) is 2.93. The third-order valence-corrected chi connectivity index (χ3v) is 6.62. The molecule has 0 saturated carbocycles. The Labute approximate surface area is 159 Å². The van der Waals surface area contributed by atoms with Crippen LogP contribution in [0.1, 0.15) is 49.8 Å². The van der Waals surface area contributed by atoms with Crippen molar-refractivity contribution in [2.45, 2.75) is 45.2 Å². The van der Waals surface area contributed by atoms with Crippen LogP contribution in [-0.2, 0) is 6.54 Å². The van der Waals surface area contributed by atoms with Crippen molar-refractivity contribution in [2.75, 3.05) is 53.4 Å². The normalized spacial score (nSPS) is 22.8. The fraction of sp³-hybridized carbons (Fsp3) is 0.727. The molecule has 2 aliphatic heterocycles. The molecule has 2 fully saturated rings. The van der Waals surface area contributed by atoms with Gasteiger partial charge >= 0.3 is 0 Å². The number of aliphatic hydroxyl groups is 1. The zero-order valence-corrected chi connectivity index (χ0v) is 17.0. The third-order valence-electron chi connectivity index (χ3n) is 6.62. The second-order valence-corrected chi connectivity index (χ2v) is 8.80. The van der Waals surface area contributed by atoms with E-state index in [-0.39, 0.29) is 5.41 Å². The van der Waals surface area contributed by atoms with Gasteiger partial charge in [0.1, 0.15) is 0 Å². The molecule has 0 aliphatic carbocycles. The average molecular weight is 360 g/mol. The van der Waals surface area contributed by atoms with Crippen molar-refractivity contribution in [2.24, 2.45) is 5.41 Å². The zero-order valence-electron chi connectivity index (χ0n) is 17.0. The largest absolute Gasteiger partial charge is 0.396 e. The molecule has 0 radical (unpaired) electrons. The van der Waals surface area contributed by atoms with Crippen molar-refractivity contribution in [3.05, 3.63) is 35.4 Å². The van der Waals surface area contributed by atoms with Gasteiger partial charge in [0.2, 0.25) is 0 Å². The Hall–Kier alpha value is -0.940. The maximum atomic E-state index is 10.1. The molecule has 4 nitrogen and oxygen atoms in total. The van der Waals surface area contributed by atoms with Gasteiger partial charge in [-0.05, 0) is 84.0 Å². The number of hydrogen-bond donors (Lipinski definition) is 1. The standard InChI is InChI=1S/C22H37N3O/c1-19(23(2)3)21-8-6-7-20(15-21)16-24-13-9-22(18-26,10-14-24)17-25-11-4-5-12-25/h6-8,15,19,26H,4-5,9-14,16-18H2,1-3H3. The van der Waals surface area contributed by atoms with E-state index in [1.54, 1.807) is 0 Å². The summed E-state index contributed by atoms with van der Waals surface area (Å²) in [4.78, 5) is 7.39. The molecule has 1 unspecified atom stereocenters. The third kappa shape index (κ3) is 4.86. The number of aliphatic hydroxyl groups excluding tert-OH is 1. The zero-order chi connectivity index (χ0) is 18.6. The maximum Gasteiger partial charge on any atom is 0.0500 e. The van der Waals surface area contributed by atoms with Gasteiger partial charge in [-0.25, -0.2) is 0 Å². The molecule has 0 aromatic heterocycles. The molecule has 0 bridgehead atoms. The Morgan fingerprint density at radius 3 is 2.38 bits per heavy atom. The summed E-state index contributed by atoms with van der Waals surface area (Å²) in [5.74, 6) is 0. The van der Waals surface area contributed by atoms with E-state index in [1.165, 1.54) is 37.1 Å². The summed E-state index contributed by atoms with van der Waals surface area (Å²) in [6.07, 6.45) is 4.90. The van der Waals surface area contributed by atoms with E-state index in [2.05, 4.69) is 60.0 Å². The van der Waals surface area contributed by atoms with Gasteiger partial charge in [-0.3, -0.25) is 4.90 Å². The highest BCUT2D eigenvalue weighted by Gasteiger charge is 2.36. The molecule has 1 atom stereocenters. The first-order chi connectivity index (χ1) is 12.5. The van der Waals surface area contributed by atoms with Gasteiger partial charge < -0.3 is 14.9 Å². The molecule has 146 valence electrons. The first-order valence-corrected chi connectivity index (χ1v) is 10.3. The number of rotatable bonds is 7. The Morgan fingerprint density at radius 2 is 1.77 bits per heavy atom. The fourth-order valence-corrected chi connectivity index (χ4v) is 4.47. The van der Waals surface area contributed by atoms with Gasteiger partial charge in [0.05, 0.1) is 6.61 Å². The maximum absolute atomic E-state index is 10.1. The molecule has 2 saturated heterocycles. The van der Waals surface area contributed by atoms with Crippen molar-refractivity contribution in [3.8, 4) is 0 Å². The first-order valence-electron chi connectivity index (χ1n) is 10.3. The summed E-state index contributed by atoms with van der Waals surface area (Å²) >= 11 is 0. The van der Waals surface area contributed by atoms with E-state index in [0.29, 0.717) is 12.6 Å². The van der Waals surface area contributed by atoms with Gasteiger partial charge in [-0.1, -0.05) is 24.3 Å². The second-order valence-electron chi connectivity index (χ2n) is 8.80. The Kier molecular flexibility index (Phi) is 6.73. The molecule has 2 heterocycles. The van der Waals surface area contributed by atoms with Crippen LogP contribution in [0.25, 0.3) is 0 Å². The fourth-order valence-electron chi connectivity index (χ4n) is 4.47. The molecule has 3 rings (SSSR count). The molecular weight excluding hydrogens is 322 g/mol.